The van der Waals surface area contributed by atoms with Crippen LogP contribution in [-0.2, 0) is 6.54 Å². The molecule has 0 saturated carbocycles. The molecule has 1 aromatic carbocycles. The summed E-state index contributed by atoms with van der Waals surface area (Å²) in [5.74, 6) is -0.182. The van der Waals surface area contributed by atoms with Crippen molar-refractivity contribution in [2.75, 3.05) is 31.5 Å². The summed E-state index contributed by atoms with van der Waals surface area (Å²) in [6.45, 7) is 3.11. The molecule has 3 heterocycles. The van der Waals surface area contributed by atoms with Gasteiger partial charge in [-0.05, 0) is 29.8 Å². The van der Waals surface area contributed by atoms with Crippen molar-refractivity contribution >= 4 is 17.6 Å². The van der Waals surface area contributed by atoms with Crippen molar-refractivity contribution in [2.24, 2.45) is 0 Å². The molecule has 0 aliphatic carbocycles. The Morgan fingerprint density at radius 1 is 1.10 bits per heavy atom. The predicted octanol–water partition coefficient (Wildman–Crippen LogP) is 2.51. The van der Waals surface area contributed by atoms with Crippen LogP contribution in [0.2, 0.25) is 0 Å². The molecule has 0 unspecified atom stereocenters. The summed E-state index contributed by atoms with van der Waals surface area (Å²) >= 11 is 0. The quantitative estimate of drug-likeness (QED) is 0.524. The fourth-order valence-corrected chi connectivity index (χ4v) is 3.39. The van der Waals surface area contributed by atoms with Crippen molar-refractivity contribution in [3.8, 4) is 11.3 Å². The van der Waals surface area contributed by atoms with Gasteiger partial charge in [-0.3, -0.25) is 14.8 Å². The molecule has 158 valence electrons. The molecule has 4 rings (SSSR count). The van der Waals surface area contributed by atoms with Crippen LogP contribution in [-0.4, -0.2) is 53.0 Å². The summed E-state index contributed by atoms with van der Waals surface area (Å²) in [4.78, 5) is 34.4. The van der Waals surface area contributed by atoms with E-state index in [1.165, 1.54) is 0 Å². The van der Waals surface area contributed by atoms with Crippen LogP contribution in [0.1, 0.15) is 15.9 Å². The Labute approximate surface area is 180 Å². The predicted molar refractivity (Wildman–Crippen MR) is 119 cm³/mol. The maximum Gasteiger partial charge on any atom is 0.317 e. The highest BCUT2D eigenvalue weighted by atomic mass is 16.2. The van der Waals surface area contributed by atoms with Crippen molar-refractivity contribution in [1.82, 2.24) is 25.5 Å². The summed E-state index contributed by atoms with van der Waals surface area (Å²) in [6.07, 6.45) is 5.00. The van der Waals surface area contributed by atoms with E-state index in [1.807, 2.05) is 42.5 Å². The van der Waals surface area contributed by atoms with E-state index in [-0.39, 0.29) is 11.9 Å². The van der Waals surface area contributed by atoms with Gasteiger partial charge in [0, 0.05) is 62.6 Å². The molecule has 3 N–H and O–H groups in total. The monoisotopic (exact) mass is 416 g/mol. The van der Waals surface area contributed by atoms with E-state index >= 15 is 0 Å². The first-order valence-electron chi connectivity index (χ1n) is 10.2. The minimum atomic E-state index is -0.182. The number of aromatic nitrogens is 2. The smallest absolute Gasteiger partial charge is 0.317 e. The van der Waals surface area contributed by atoms with Gasteiger partial charge in [-0.15, -0.1) is 0 Å². The maximum atomic E-state index is 12.4. The molecule has 0 bridgehead atoms. The lowest BCUT2D eigenvalue weighted by atomic mass is 10.1. The van der Waals surface area contributed by atoms with E-state index in [4.69, 9.17) is 0 Å². The van der Waals surface area contributed by atoms with Gasteiger partial charge in [-0.25, -0.2) is 4.79 Å². The summed E-state index contributed by atoms with van der Waals surface area (Å²) in [5.41, 5.74) is 4.08. The van der Waals surface area contributed by atoms with Crippen LogP contribution in [0.5, 0.6) is 0 Å². The van der Waals surface area contributed by atoms with Gasteiger partial charge in [0.1, 0.15) is 0 Å². The largest absolute Gasteiger partial charge is 0.383 e. The van der Waals surface area contributed by atoms with E-state index in [9.17, 15) is 9.59 Å². The van der Waals surface area contributed by atoms with Crippen molar-refractivity contribution in [2.45, 2.75) is 6.54 Å². The molecule has 1 saturated heterocycles. The first-order valence-corrected chi connectivity index (χ1v) is 10.2. The fraction of sp³-hybridized carbons (Fsp3) is 0.217. The van der Waals surface area contributed by atoms with Gasteiger partial charge >= 0.3 is 6.03 Å². The van der Waals surface area contributed by atoms with E-state index < -0.39 is 0 Å². The topological polar surface area (TPSA) is 99.3 Å². The third kappa shape index (κ3) is 5.16. The number of urea groups is 1. The van der Waals surface area contributed by atoms with E-state index in [0.717, 1.165) is 29.1 Å². The lowest BCUT2D eigenvalue weighted by molar-refractivity contribution is 0.0950. The minimum Gasteiger partial charge on any atom is -0.383 e. The molecule has 2 aromatic heterocycles. The highest BCUT2D eigenvalue weighted by Gasteiger charge is 2.18. The molecule has 8 heteroatoms. The summed E-state index contributed by atoms with van der Waals surface area (Å²) in [7, 11) is 0. The second-order valence-electron chi connectivity index (χ2n) is 7.17. The van der Waals surface area contributed by atoms with Gasteiger partial charge in [0.05, 0.1) is 11.3 Å². The van der Waals surface area contributed by atoms with Gasteiger partial charge in [0.2, 0.25) is 0 Å². The van der Waals surface area contributed by atoms with Gasteiger partial charge in [-0.1, -0.05) is 24.3 Å². The van der Waals surface area contributed by atoms with Gasteiger partial charge in [-0.2, -0.15) is 0 Å². The number of hydrogen-bond acceptors (Lipinski definition) is 5. The number of amides is 3. The SMILES string of the molecule is O=C(NCc1cccnc1)c1ccc(-c2ccccc2NCCN2CCNC2=O)nc1. The van der Waals surface area contributed by atoms with Crippen molar-refractivity contribution in [1.29, 1.82) is 0 Å². The van der Waals surface area contributed by atoms with Gasteiger partial charge < -0.3 is 20.9 Å². The first-order chi connectivity index (χ1) is 15.2. The second kappa shape index (κ2) is 9.71. The molecule has 0 radical (unpaired) electrons. The molecule has 1 fully saturated rings. The lowest BCUT2D eigenvalue weighted by Crippen LogP contribution is -2.32. The second-order valence-corrected chi connectivity index (χ2v) is 7.17. The number of para-hydroxylation sites is 1. The average molecular weight is 416 g/mol. The number of carbonyl (C=O) groups is 2. The first kappa shape index (κ1) is 20.3. The number of benzene rings is 1. The average Bonchev–Trinajstić information content (AvgIpc) is 3.23. The fourth-order valence-electron chi connectivity index (χ4n) is 3.39. The molecule has 3 amide bonds. The minimum absolute atomic E-state index is 0.0193. The molecule has 8 nitrogen and oxygen atoms in total. The molecule has 31 heavy (non-hydrogen) atoms. The van der Waals surface area contributed by atoms with Gasteiger partial charge in [0.15, 0.2) is 0 Å². The number of anilines is 1. The number of nitrogens with one attached hydrogen (secondary N) is 3. The Bertz CT molecular complexity index is 1040. The number of carbonyl (C=O) groups excluding carboxylic acids is 2. The molecular weight excluding hydrogens is 392 g/mol. The lowest BCUT2D eigenvalue weighted by Gasteiger charge is -2.16. The van der Waals surface area contributed by atoms with Crippen LogP contribution < -0.4 is 16.0 Å². The van der Waals surface area contributed by atoms with Gasteiger partial charge in [0.25, 0.3) is 5.91 Å². The zero-order valence-electron chi connectivity index (χ0n) is 17.0. The Kier molecular flexibility index (Phi) is 6.37. The summed E-state index contributed by atoms with van der Waals surface area (Å²) in [5, 5.41) is 9.07. The molecule has 0 spiro atoms. The van der Waals surface area contributed by atoms with Crippen LogP contribution in [0.25, 0.3) is 11.3 Å². The molecule has 0 atom stereocenters. The van der Waals surface area contributed by atoms with E-state index in [1.54, 1.807) is 29.6 Å². The standard InChI is InChI=1S/C23H24N6O2/c30-22(28-15-17-4-3-9-24-14-17)18-7-8-21(27-16-18)19-5-1-2-6-20(19)25-10-12-29-13-11-26-23(29)31/h1-9,14,16,25H,10-13,15H2,(H,26,31)(H,28,30). The third-order valence-electron chi connectivity index (χ3n) is 5.05. The number of pyridine rings is 2. The molecular formula is C23H24N6O2. The Morgan fingerprint density at radius 3 is 2.74 bits per heavy atom. The van der Waals surface area contributed by atoms with Crippen LogP contribution in [0, 0.1) is 0 Å². The van der Waals surface area contributed by atoms with Crippen LogP contribution in [0.4, 0.5) is 10.5 Å². The van der Waals surface area contributed by atoms with Crippen LogP contribution in [0.15, 0.2) is 67.1 Å². The Hall–Kier alpha value is -3.94. The molecule has 1 aliphatic heterocycles. The summed E-state index contributed by atoms with van der Waals surface area (Å²) in [6, 6.07) is 15.2. The zero-order chi connectivity index (χ0) is 21.5. The normalized spacial score (nSPS) is 13.0. The van der Waals surface area contributed by atoms with Crippen LogP contribution >= 0.6 is 0 Å². The van der Waals surface area contributed by atoms with Crippen molar-refractivity contribution in [3.63, 3.8) is 0 Å². The Balaban J connectivity index is 1.38. The number of rotatable bonds is 8. The van der Waals surface area contributed by atoms with Crippen LogP contribution in [0.3, 0.4) is 0 Å². The summed E-state index contributed by atoms with van der Waals surface area (Å²) < 4.78 is 0. The highest BCUT2D eigenvalue weighted by molar-refractivity contribution is 5.94. The third-order valence-corrected chi connectivity index (χ3v) is 5.05. The van der Waals surface area contributed by atoms with E-state index in [2.05, 4.69) is 25.9 Å². The maximum absolute atomic E-state index is 12.4. The number of nitrogens with zero attached hydrogens (tertiary/aromatic N) is 3. The number of hydrogen-bond donors (Lipinski definition) is 3. The van der Waals surface area contributed by atoms with Crippen molar-refractivity contribution < 1.29 is 9.59 Å². The Morgan fingerprint density at radius 2 is 2.00 bits per heavy atom. The van der Waals surface area contributed by atoms with Crippen molar-refractivity contribution in [3.05, 3.63) is 78.2 Å². The highest BCUT2D eigenvalue weighted by Crippen LogP contribution is 2.26. The molecule has 3 aromatic rings. The molecule has 1 aliphatic rings. The van der Waals surface area contributed by atoms with E-state index in [0.29, 0.717) is 31.7 Å². The zero-order valence-corrected chi connectivity index (χ0v) is 17.0.